The van der Waals surface area contributed by atoms with Gasteiger partial charge in [-0.1, -0.05) is 66.3 Å². The summed E-state index contributed by atoms with van der Waals surface area (Å²) in [6.07, 6.45) is 14.9. The highest BCUT2D eigenvalue weighted by Crippen LogP contribution is 2.39. The lowest BCUT2D eigenvalue weighted by Gasteiger charge is -2.42. The number of hydrogen-bond donors (Lipinski definition) is 3. The predicted octanol–water partition coefficient (Wildman–Crippen LogP) is 4.97. The summed E-state index contributed by atoms with van der Waals surface area (Å²) in [5.41, 5.74) is 9.17. The zero-order valence-electron chi connectivity index (χ0n) is 24.7. The first kappa shape index (κ1) is 30.0. The van der Waals surface area contributed by atoms with E-state index < -0.39 is 11.5 Å². The summed E-state index contributed by atoms with van der Waals surface area (Å²) in [5.74, 6) is -0.840. The van der Waals surface area contributed by atoms with E-state index in [2.05, 4.69) is 22.5 Å². The van der Waals surface area contributed by atoms with Gasteiger partial charge in [-0.25, -0.2) is 0 Å². The Bertz CT molecular complexity index is 1570. The monoisotopic (exact) mass is 580 g/mol. The molecule has 1 saturated heterocycles. The number of benzene rings is 2. The van der Waals surface area contributed by atoms with Crippen LogP contribution in [0.1, 0.15) is 54.1 Å². The van der Waals surface area contributed by atoms with Crippen LogP contribution < -0.4 is 11.1 Å². The third-order valence-electron chi connectivity index (χ3n) is 8.34. The Kier molecular flexibility index (Phi) is 9.57. The van der Waals surface area contributed by atoms with Gasteiger partial charge in [0.2, 0.25) is 5.91 Å². The molecule has 0 spiro atoms. The Hall–Kier alpha value is -4.43. The molecule has 0 unspecified atom stereocenters. The molecular formula is C35H40N4O4. The van der Waals surface area contributed by atoms with Crippen molar-refractivity contribution in [3.05, 3.63) is 107 Å². The summed E-state index contributed by atoms with van der Waals surface area (Å²) in [6.45, 7) is 3.11. The molecule has 1 fully saturated rings. The lowest BCUT2D eigenvalue weighted by Crippen LogP contribution is -2.56. The number of H-pyrrole nitrogens is 1. The Labute approximate surface area is 252 Å². The van der Waals surface area contributed by atoms with Crippen LogP contribution in [0.5, 0.6) is 0 Å². The summed E-state index contributed by atoms with van der Waals surface area (Å²) < 4.78 is 5.60. The molecule has 5 rings (SSSR count). The van der Waals surface area contributed by atoms with E-state index in [9.17, 15) is 14.4 Å². The minimum atomic E-state index is -0.866. The summed E-state index contributed by atoms with van der Waals surface area (Å²) in [7, 11) is 0. The topological polar surface area (TPSA) is 118 Å². The van der Waals surface area contributed by atoms with Crippen LogP contribution in [-0.2, 0) is 27.3 Å². The first-order valence-corrected chi connectivity index (χ1v) is 15.1. The molecule has 4 N–H and O–H groups in total. The van der Waals surface area contributed by atoms with Crippen molar-refractivity contribution in [2.45, 2.75) is 51.6 Å². The van der Waals surface area contributed by atoms with Gasteiger partial charge in [0.1, 0.15) is 6.04 Å². The largest absolute Gasteiger partial charge is 0.466 e. The van der Waals surface area contributed by atoms with Crippen molar-refractivity contribution >= 4 is 28.7 Å². The number of aromatic amines is 1. The van der Waals surface area contributed by atoms with Gasteiger partial charge in [-0.2, -0.15) is 0 Å². The number of nitrogens with two attached hydrogens (primary N) is 1. The average Bonchev–Trinajstić information content (AvgIpc) is 3.26. The molecule has 8 heteroatoms. The Balaban J connectivity index is 1.44. The van der Waals surface area contributed by atoms with Gasteiger partial charge in [0.15, 0.2) is 0 Å². The van der Waals surface area contributed by atoms with Crippen LogP contribution in [-0.4, -0.2) is 53.4 Å². The number of rotatable bonds is 10. The fourth-order valence-electron chi connectivity index (χ4n) is 6.15. The van der Waals surface area contributed by atoms with Crippen LogP contribution in [0.25, 0.3) is 10.9 Å². The first-order chi connectivity index (χ1) is 20.9. The number of piperidine rings is 1. The number of carbonyl (C=O) groups is 3. The molecule has 0 bridgehead atoms. The summed E-state index contributed by atoms with van der Waals surface area (Å²) >= 11 is 0. The maximum absolute atomic E-state index is 14.4. The Morgan fingerprint density at radius 2 is 2.00 bits per heavy atom. The van der Waals surface area contributed by atoms with Crippen LogP contribution in [0.15, 0.2) is 90.7 Å². The van der Waals surface area contributed by atoms with Gasteiger partial charge in [0, 0.05) is 48.7 Å². The number of aromatic nitrogens is 1. The van der Waals surface area contributed by atoms with Gasteiger partial charge in [0.25, 0.3) is 5.91 Å². The second-order valence-electron chi connectivity index (χ2n) is 11.3. The number of likely N-dealkylation sites (tertiary alicyclic amines) is 1. The average molecular weight is 581 g/mol. The normalized spacial score (nSPS) is 19.0. The molecule has 1 aliphatic carbocycles. The summed E-state index contributed by atoms with van der Waals surface area (Å²) in [6, 6.07) is 14.2. The zero-order valence-corrected chi connectivity index (χ0v) is 24.7. The first-order valence-electron chi connectivity index (χ1n) is 15.1. The van der Waals surface area contributed by atoms with Crippen molar-refractivity contribution in [1.29, 1.82) is 0 Å². The maximum atomic E-state index is 14.4. The molecule has 2 heterocycles. The number of amides is 2. The van der Waals surface area contributed by atoms with E-state index in [0.29, 0.717) is 44.3 Å². The van der Waals surface area contributed by atoms with Crippen molar-refractivity contribution in [2.75, 3.05) is 19.7 Å². The van der Waals surface area contributed by atoms with Gasteiger partial charge in [0.05, 0.1) is 12.0 Å². The van der Waals surface area contributed by atoms with E-state index in [-0.39, 0.29) is 30.9 Å². The SMILES string of the molecule is CCOC(=O)[C@]1(CC2=CCC=CC=C2)CCCN(C(=O)[C@@H](Cc2c[nH]c3ccccc23)NC(=O)c2cccc(CN)c2)C1. The van der Waals surface area contributed by atoms with E-state index >= 15 is 0 Å². The van der Waals surface area contributed by atoms with Crippen LogP contribution in [0.2, 0.25) is 0 Å². The lowest BCUT2D eigenvalue weighted by molar-refractivity contribution is -0.161. The van der Waals surface area contributed by atoms with Crippen LogP contribution in [0.4, 0.5) is 0 Å². The fraction of sp³-hybridized carbons (Fsp3) is 0.343. The minimum Gasteiger partial charge on any atom is -0.466 e. The number of nitrogens with one attached hydrogen (secondary N) is 2. The molecule has 0 saturated carbocycles. The molecule has 1 aliphatic heterocycles. The number of esters is 1. The number of nitrogens with zero attached hydrogens (tertiary/aromatic N) is 1. The number of para-hydroxylation sites is 1. The highest BCUT2D eigenvalue weighted by Gasteiger charge is 2.46. The van der Waals surface area contributed by atoms with E-state index in [4.69, 9.17) is 10.5 Å². The van der Waals surface area contributed by atoms with Gasteiger partial charge in [-0.05, 0) is 61.9 Å². The van der Waals surface area contributed by atoms with Crippen molar-refractivity contribution in [1.82, 2.24) is 15.2 Å². The van der Waals surface area contributed by atoms with Crippen molar-refractivity contribution in [3.63, 3.8) is 0 Å². The van der Waals surface area contributed by atoms with Gasteiger partial charge in [-0.15, -0.1) is 0 Å². The number of fused-ring (bicyclic) bond motifs is 1. The van der Waals surface area contributed by atoms with Gasteiger partial charge in [-0.3, -0.25) is 14.4 Å². The molecule has 2 aliphatic rings. The third kappa shape index (κ3) is 6.97. The number of carbonyl (C=O) groups excluding carboxylic acids is 3. The van der Waals surface area contributed by atoms with Crippen LogP contribution in [0, 0.1) is 5.41 Å². The quantitative estimate of drug-likeness (QED) is 0.293. The fourth-order valence-corrected chi connectivity index (χ4v) is 6.15. The van der Waals surface area contributed by atoms with Crippen LogP contribution in [0.3, 0.4) is 0 Å². The molecular weight excluding hydrogens is 540 g/mol. The number of hydrogen-bond acceptors (Lipinski definition) is 5. The van der Waals surface area contributed by atoms with Crippen molar-refractivity contribution in [3.8, 4) is 0 Å². The smallest absolute Gasteiger partial charge is 0.314 e. The maximum Gasteiger partial charge on any atom is 0.314 e. The summed E-state index contributed by atoms with van der Waals surface area (Å²) in [5, 5.41) is 4.02. The molecule has 3 aromatic rings. The molecule has 2 atom stereocenters. The number of ether oxygens (including phenoxy) is 1. The zero-order chi connectivity index (χ0) is 30.2. The molecule has 1 aromatic heterocycles. The molecule has 2 amide bonds. The van der Waals surface area contributed by atoms with Gasteiger partial charge < -0.3 is 25.7 Å². The van der Waals surface area contributed by atoms with E-state index in [0.717, 1.165) is 34.0 Å². The molecule has 2 aromatic carbocycles. The molecule has 224 valence electrons. The second kappa shape index (κ2) is 13.7. The highest BCUT2D eigenvalue weighted by molar-refractivity contribution is 5.98. The standard InChI is InChI=1S/C35H40N4O4/c1-2-43-34(42)35(21-25-11-5-3-4-6-12-25)17-10-18-39(24-35)33(41)31(20-28-23-37-30-16-8-7-15-29(28)30)38-32(40)27-14-9-13-26(19-27)22-36/h3-5,7-9,11-16,19,23,31,37H,2,6,10,17-18,20-22,24,36H2,1H3,(H,38,40)/t31-,35+/m1/s1. The number of allylic oxidation sites excluding steroid dienone is 6. The highest BCUT2D eigenvalue weighted by atomic mass is 16.5. The third-order valence-corrected chi connectivity index (χ3v) is 8.34. The van der Waals surface area contributed by atoms with Crippen molar-refractivity contribution in [2.24, 2.45) is 11.1 Å². The predicted molar refractivity (Wildman–Crippen MR) is 168 cm³/mol. The van der Waals surface area contributed by atoms with Crippen LogP contribution >= 0.6 is 0 Å². The van der Waals surface area contributed by atoms with Gasteiger partial charge >= 0.3 is 5.97 Å². The van der Waals surface area contributed by atoms with E-state index in [1.807, 2.05) is 54.8 Å². The minimum absolute atomic E-state index is 0.214. The van der Waals surface area contributed by atoms with Crippen molar-refractivity contribution < 1.29 is 19.1 Å². The lowest BCUT2D eigenvalue weighted by atomic mass is 9.74. The molecule has 8 nitrogen and oxygen atoms in total. The van der Waals surface area contributed by atoms with E-state index in [1.165, 1.54) is 0 Å². The Morgan fingerprint density at radius 3 is 2.84 bits per heavy atom. The molecule has 0 radical (unpaired) electrons. The summed E-state index contributed by atoms with van der Waals surface area (Å²) in [4.78, 5) is 46.4. The second-order valence-corrected chi connectivity index (χ2v) is 11.3. The Morgan fingerprint density at radius 1 is 1.14 bits per heavy atom. The molecule has 43 heavy (non-hydrogen) atoms. The van der Waals surface area contributed by atoms with E-state index in [1.54, 1.807) is 30.0 Å².